The van der Waals surface area contributed by atoms with Gasteiger partial charge in [0.2, 0.25) is 0 Å². The molecule has 0 fully saturated rings. The number of benzene rings is 2. The number of nitrogens with one attached hydrogen (secondary N) is 2. The molecule has 0 atom stereocenters. The summed E-state index contributed by atoms with van der Waals surface area (Å²) >= 11 is 0. The van der Waals surface area contributed by atoms with E-state index in [1.165, 1.54) is 5.56 Å². The average molecular weight is 537 g/mol. The quantitative estimate of drug-likeness (QED) is 0.285. The smallest absolute Gasteiger partial charge is 0.411 e. The summed E-state index contributed by atoms with van der Waals surface area (Å²) < 4.78 is 46.4. The summed E-state index contributed by atoms with van der Waals surface area (Å²) in [6, 6.07) is 15.1. The van der Waals surface area contributed by atoms with E-state index in [0.29, 0.717) is 24.6 Å². The molecular weight excluding hydrogens is 510 g/mol. The van der Waals surface area contributed by atoms with Gasteiger partial charge in [0.25, 0.3) is 0 Å². The number of hydrogen-bond donors (Lipinski definition) is 2. The van der Waals surface area contributed by atoms with E-state index in [2.05, 4.69) is 15.6 Å². The highest BCUT2D eigenvalue weighted by Crippen LogP contribution is 2.16. The Kier molecular flexibility index (Phi) is 11.6. The van der Waals surface area contributed by atoms with Crippen molar-refractivity contribution in [2.75, 3.05) is 27.3 Å². The zero-order valence-electron chi connectivity index (χ0n) is 17.0. The molecule has 0 unspecified atom stereocenters. The SMILES string of the molecule is CN=C(NCCc1ccc(OC)cc1)NCc1cccc(COCC(F)(F)F)c1.I. The number of nitrogens with zero attached hydrogens (tertiary/aromatic N) is 1. The number of halogens is 4. The van der Waals surface area contributed by atoms with Gasteiger partial charge in [-0.15, -0.1) is 24.0 Å². The lowest BCUT2D eigenvalue weighted by molar-refractivity contribution is -0.176. The van der Waals surface area contributed by atoms with Crippen LogP contribution in [-0.2, 0) is 24.3 Å². The van der Waals surface area contributed by atoms with E-state index in [-0.39, 0.29) is 30.6 Å². The van der Waals surface area contributed by atoms with Crippen molar-refractivity contribution in [2.24, 2.45) is 4.99 Å². The Bertz CT molecular complexity index is 784. The van der Waals surface area contributed by atoms with E-state index < -0.39 is 12.8 Å². The highest BCUT2D eigenvalue weighted by atomic mass is 127. The summed E-state index contributed by atoms with van der Waals surface area (Å²) in [5.41, 5.74) is 2.80. The molecule has 5 nitrogen and oxygen atoms in total. The molecule has 0 aliphatic rings. The number of guanidine groups is 1. The van der Waals surface area contributed by atoms with Crippen molar-refractivity contribution in [3.05, 3.63) is 65.2 Å². The van der Waals surface area contributed by atoms with Gasteiger partial charge < -0.3 is 20.1 Å². The highest BCUT2D eigenvalue weighted by Gasteiger charge is 2.27. The van der Waals surface area contributed by atoms with Crippen molar-refractivity contribution >= 4 is 29.9 Å². The van der Waals surface area contributed by atoms with Crippen LogP contribution in [0.25, 0.3) is 0 Å². The first-order valence-electron chi connectivity index (χ1n) is 9.19. The fourth-order valence-corrected chi connectivity index (χ4v) is 2.64. The number of rotatable bonds is 9. The van der Waals surface area contributed by atoms with Crippen molar-refractivity contribution in [3.8, 4) is 5.75 Å². The third-order valence-electron chi connectivity index (χ3n) is 4.07. The second-order valence-electron chi connectivity index (χ2n) is 6.38. The van der Waals surface area contributed by atoms with E-state index in [1.54, 1.807) is 26.3 Å². The molecule has 2 N–H and O–H groups in total. The van der Waals surface area contributed by atoms with Gasteiger partial charge in [0.15, 0.2) is 5.96 Å². The maximum Gasteiger partial charge on any atom is 0.411 e. The minimum Gasteiger partial charge on any atom is -0.497 e. The van der Waals surface area contributed by atoms with E-state index in [1.807, 2.05) is 36.4 Å². The number of methoxy groups -OCH3 is 1. The van der Waals surface area contributed by atoms with Crippen molar-refractivity contribution in [1.82, 2.24) is 10.6 Å². The summed E-state index contributed by atoms with van der Waals surface area (Å²) in [5.74, 6) is 1.47. The van der Waals surface area contributed by atoms with Gasteiger partial charge in [-0.05, 0) is 35.2 Å². The first-order valence-corrected chi connectivity index (χ1v) is 9.19. The lowest BCUT2D eigenvalue weighted by Crippen LogP contribution is -2.37. The average Bonchev–Trinajstić information content (AvgIpc) is 2.70. The molecule has 0 amide bonds. The van der Waals surface area contributed by atoms with Crippen LogP contribution in [0.15, 0.2) is 53.5 Å². The van der Waals surface area contributed by atoms with Crippen molar-refractivity contribution < 1.29 is 22.6 Å². The molecule has 166 valence electrons. The van der Waals surface area contributed by atoms with E-state index >= 15 is 0 Å². The van der Waals surface area contributed by atoms with Crippen LogP contribution < -0.4 is 15.4 Å². The van der Waals surface area contributed by atoms with Crippen LogP contribution in [0.3, 0.4) is 0 Å². The number of alkyl halides is 3. The molecule has 9 heteroatoms. The Labute approximate surface area is 192 Å². The lowest BCUT2D eigenvalue weighted by atomic mass is 10.1. The van der Waals surface area contributed by atoms with Gasteiger partial charge in [0.1, 0.15) is 12.4 Å². The number of ether oxygens (including phenoxy) is 2. The summed E-state index contributed by atoms with van der Waals surface area (Å²) in [5, 5.41) is 6.44. The van der Waals surface area contributed by atoms with E-state index in [9.17, 15) is 13.2 Å². The van der Waals surface area contributed by atoms with Gasteiger partial charge in [0.05, 0.1) is 13.7 Å². The van der Waals surface area contributed by atoms with Crippen molar-refractivity contribution in [1.29, 1.82) is 0 Å². The summed E-state index contributed by atoms with van der Waals surface area (Å²) in [6.07, 6.45) is -3.49. The van der Waals surface area contributed by atoms with Crippen molar-refractivity contribution in [2.45, 2.75) is 25.7 Å². The minimum atomic E-state index is -4.32. The third-order valence-corrected chi connectivity index (χ3v) is 4.07. The van der Waals surface area contributed by atoms with Crippen LogP contribution >= 0.6 is 24.0 Å². The zero-order chi connectivity index (χ0) is 21.1. The maximum absolute atomic E-state index is 12.2. The first-order chi connectivity index (χ1) is 13.9. The van der Waals surface area contributed by atoms with Gasteiger partial charge in [-0.3, -0.25) is 4.99 Å². The second-order valence-corrected chi connectivity index (χ2v) is 6.38. The monoisotopic (exact) mass is 537 g/mol. The molecule has 0 spiro atoms. The molecule has 0 saturated heterocycles. The lowest BCUT2D eigenvalue weighted by Gasteiger charge is -2.13. The second kappa shape index (κ2) is 13.3. The summed E-state index contributed by atoms with van der Waals surface area (Å²) in [7, 11) is 3.32. The van der Waals surface area contributed by atoms with Crippen LogP contribution in [0.4, 0.5) is 13.2 Å². The fraction of sp³-hybridized carbons (Fsp3) is 0.381. The van der Waals surface area contributed by atoms with E-state index in [4.69, 9.17) is 9.47 Å². The van der Waals surface area contributed by atoms with Crippen LogP contribution in [-0.4, -0.2) is 39.4 Å². The molecule has 0 heterocycles. The molecule has 0 aliphatic heterocycles. The molecule has 0 aliphatic carbocycles. The molecule has 30 heavy (non-hydrogen) atoms. The summed E-state index contributed by atoms with van der Waals surface area (Å²) in [4.78, 5) is 4.19. The highest BCUT2D eigenvalue weighted by molar-refractivity contribution is 14.0. The fourth-order valence-electron chi connectivity index (χ4n) is 2.64. The largest absolute Gasteiger partial charge is 0.497 e. The Morgan fingerprint density at radius 3 is 2.33 bits per heavy atom. The first kappa shape index (κ1) is 26.0. The number of aliphatic imine (C=N–C) groups is 1. The van der Waals surface area contributed by atoms with Crippen LogP contribution in [0, 0.1) is 0 Å². The van der Waals surface area contributed by atoms with Crippen LogP contribution in [0.2, 0.25) is 0 Å². The van der Waals surface area contributed by atoms with Gasteiger partial charge in [-0.1, -0.05) is 36.4 Å². The predicted octanol–water partition coefficient (Wildman–Crippen LogP) is 4.30. The number of hydrogen-bond acceptors (Lipinski definition) is 3. The van der Waals surface area contributed by atoms with E-state index in [0.717, 1.165) is 17.7 Å². The zero-order valence-corrected chi connectivity index (χ0v) is 19.3. The molecule has 0 radical (unpaired) electrons. The molecule has 2 aromatic rings. The predicted molar refractivity (Wildman–Crippen MR) is 122 cm³/mol. The Hall–Kier alpha value is -2.01. The molecule has 0 saturated carbocycles. The third kappa shape index (κ3) is 10.1. The van der Waals surface area contributed by atoms with Crippen LogP contribution in [0.5, 0.6) is 5.75 Å². The summed E-state index contributed by atoms with van der Waals surface area (Å²) in [6.45, 7) is -0.130. The Balaban J connectivity index is 0.00000450. The topological polar surface area (TPSA) is 54.9 Å². The van der Waals surface area contributed by atoms with Gasteiger partial charge in [0, 0.05) is 20.1 Å². The normalized spacial score (nSPS) is 11.6. The van der Waals surface area contributed by atoms with Gasteiger partial charge >= 0.3 is 6.18 Å². The standard InChI is InChI=1S/C21H26F3N3O2.HI/c1-25-20(26-11-10-16-6-8-19(28-2)9-7-16)27-13-17-4-3-5-18(12-17)14-29-15-21(22,23)24;/h3-9,12H,10-11,13-15H2,1-2H3,(H2,25,26,27);1H. The molecule has 0 bridgehead atoms. The van der Waals surface area contributed by atoms with Crippen molar-refractivity contribution in [3.63, 3.8) is 0 Å². The Morgan fingerprint density at radius 1 is 1.00 bits per heavy atom. The molecule has 2 aromatic carbocycles. The molecular formula is C21H27F3IN3O2. The minimum absolute atomic E-state index is 0. The van der Waals surface area contributed by atoms with Crippen LogP contribution in [0.1, 0.15) is 16.7 Å². The molecule has 2 rings (SSSR count). The maximum atomic E-state index is 12.2. The Morgan fingerprint density at radius 2 is 1.70 bits per heavy atom. The van der Waals surface area contributed by atoms with Gasteiger partial charge in [-0.25, -0.2) is 0 Å². The molecule has 0 aromatic heterocycles. The van der Waals surface area contributed by atoms with Gasteiger partial charge in [-0.2, -0.15) is 13.2 Å².